The number of carbonyl (C=O) groups excluding carboxylic acids is 1. The lowest BCUT2D eigenvalue weighted by molar-refractivity contribution is 0.0261. The Labute approximate surface area is 127 Å². The molecular formula is C17H26N2O2. The third-order valence-corrected chi connectivity index (χ3v) is 3.54. The normalized spacial score (nSPS) is 20.0. The third kappa shape index (κ3) is 5.38. The Morgan fingerprint density at radius 3 is 2.67 bits per heavy atom. The van der Waals surface area contributed by atoms with Gasteiger partial charge in [-0.25, -0.2) is 4.79 Å². The summed E-state index contributed by atoms with van der Waals surface area (Å²) in [5.74, 6) is 0. The summed E-state index contributed by atoms with van der Waals surface area (Å²) in [6.45, 7) is 7.98. The van der Waals surface area contributed by atoms with Gasteiger partial charge >= 0.3 is 6.09 Å². The number of hydrogen-bond acceptors (Lipinski definition) is 3. The molecule has 1 aromatic rings. The molecule has 1 saturated heterocycles. The first-order chi connectivity index (χ1) is 9.94. The van der Waals surface area contributed by atoms with E-state index in [1.165, 1.54) is 5.56 Å². The molecular weight excluding hydrogens is 264 g/mol. The number of carbonyl (C=O) groups is 1. The van der Waals surface area contributed by atoms with Crippen LogP contribution in [0.3, 0.4) is 0 Å². The lowest BCUT2D eigenvalue weighted by atomic mass is 10.0. The van der Waals surface area contributed by atoms with Gasteiger partial charge in [0.1, 0.15) is 5.60 Å². The van der Waals surface area contributed by atoms with E-state index in [2.05, 4.69) is 29.6 Å². The van der Waals surface area contributed by atoms with E-state index in [0.29, 0.717) is 12.6 Å². The van der Waals surface area contributed by atoms with Gasteiger partial charge in [0.15, 0.2) is 0 Å². The molecule has 1 unspecified atom stereocenters. The van der Waals surface area contributed by atoms with E-state index in [-0.39, 0.29) is 6.09 Å². The molecule has 1 aliphatic heterocycles. The van der Waals surface area contributed by atoms with E-state index in [9.17, 15) is 4.79 Å². The Morgan fingerprint density at radius 1 is 1.29 bits per heavy atom. The highest BCUT2D eigenvalue weighted by molar-refractivity contribution is 5.68. The summed E-state index contributed by atoms with van der Waals surface area (Å²) < 4.78 is 5.45. The van der Waals surface area contributed by atoms with Crippen LogP contribution in [0.4, 0.5) is 4.79 Å². The Kier molecular flexibility index (Phi) is 5.23. The average Bonchev–Trinajstić information content (AvgIpc) is 2.64. The van der Waals surface area contributed by atoms with Gasteiger partial charge in [-0.05, 0) is 39.2 Å². The van der Waals surface area contributed by atoms with Gasteiger partial charge in [-0.1, -0.05) is 30.3 Å². The van der Waals surface area contributed by atoms with Gasteiger partial charge in [0.25, 0.3) is 0 Å². The van der Waals surface area contributed by atoms with E-state index in [0.717, 1.165) is 25.9 Å². The van der Waals surface area contributed by atoms with Gasteiger partial charge < -0.3 is 15.0 Å². The Hall–Kier alpha value is -1.55. The molecule has 0 spiro atoms. The Bertz CT molecular complexity index is 454. The van der Waals surface area contributed by atoms with Crippen molar-refractivity contribution in [2.24, 2.45) is 0 Å². The summed E-state index contributed by atoms with van der Waals surface area (Å²) in [4.78, 5) is 13.9. The minimum atomic E-state index is -0.430. The molecule has 1 aromatic carbocycles. The average molecular weight is 290 g/mol. The monoisotopic (exact) mass is 290 g/mol. The minimum Gasteiger partial charge on any atom is -0.444 e. The summed E-state index contributed by atoms with van der Waals surface area (Å²) in [6, 6.07) is 10.9. The Morgan fingerprint density at radius 2 is 2.00 bits per heavy atom. The molecule has 0 saturated carbocycles. The number of nitrogens with one attached hydrogen (secondary N) is 1. The lowest BCUT2D eigenvalue weighted by Crippen LogP contribution is -2.38. The zero-order valence-electron chi connectivity index (χ0n) is 13.3. The topological polar surface area (TPSA) is 41.6 Å². The fourth-order valence-corrected chi connectivity index (χ4v) is 2.51. The van der Waals surface area contributed by atoms with E-state index >= 15 is 0 Å². The number of hydrogen-bond donors (Lipinski definition) is 1. The molecule has 4 nitrogen and oxygen atoms in total. The number of ether oxygens (including phenoxy) is 1. The van der Waals surface area contributed by atoms with Crippen molar-refractivity contribution >= 4 is 6.09 Å². The maximum absolute atomic E-state index is 12.1. The van der Waals surface area contributed by atoms with Gasteiger partial charge in [-0.15, -0.1) is 0 Å². The first-order valence-electron chi connectivity index (χ1n) is 7.69. The molecule has 0 radical (unpaired) electrons. The number of nitrogens with zero attached hydrogens (tertiary/aromatic N) is 1. The third-order valence-electron chi connectivity index (χ3n) is 3.54. The highest BCUT2D eigenvalue weighted by Crippen LogP contribution is 2.13. The summed E-state index contributed by atoms with van der Waals surface area (Å²) >= 11 is 0. The van der Waals surface area contributed by atoms with Gasteiger partial charge in [0.05, 0.1) is 0 Å². The van der Waals surface area contributed by atoms with Crippen molar-refractivity contribution in [2.75, 3.05) is 19.6 Å². The second-order valence-electron chi connectivity index (χ2n) is 6.60. The van der Waals surface area contributed by atoms with E-state index < -0.39 is 5.60 Å². The van der Waals surface area contributed by atoms with Crippen LogP contribution in [-0.2, 0) is 11.2 Å². The van der Waals surface area contributed by atoms with E-state index in [1.807, 2.05) is 31.7 Å². The molecule has 1 N–H and O–H groups in total. The molecule has 4 heteroatoms. The van der Waals surface area contributed by atoms with Crippen LogP contribution in [0, 0.1) is 0 Å². The zero-order valence-corrected chi connectivity index (χ0v) is 13.3. The van der Waals surface area contributed by atoms with Crippen molar-refractivity contribution in [3.8, 4) is 0 Å². The number of amides is 1. The fourth-order valence-electron chi connectivity index (χ4n) is 2.51. The minimum absolute atomic E-state index is 0.204. The SMILES string of the molecule is CC(C)(C)OC(=O)N1CCNC(Cc2ccccc2)CC1. The van der Waals surface area contributed by atoms with E-state index in [1.54, 1.807) is 0 Å². The van der Waals surface area contributed by atoms with Crippen molar-refractivity contribution in [3.05, 3.63) is 35.9 Å². The molecule has 1 aliphatic rings. The molecule has 116 valence electrons. The molecule has 1 atom stereocenters. The van der Waals surface area contributed by atoms with Crippen LogP contribution >= 0.6 is 0 Å². The highest BCUT2D eigenvalue weighted by atomic mass is 16.6. The van der Waals surface area contributed by atoms with Crippen molar-refractivity contribution in [2.45, 2.75) is 45.3 Å². The largest absolute Gasteiger partial charge is 0.444 e. The van der Waals surface area contributed by atoms with Gasteiger partial charge in [-0.2, -0.15) is 0 Å². The molecule has 0 aliphatic carbocycles. The summed E-state index contributed by atoms with van der Waals surface area (Å²) in [5, 5.41) is 3.53. The van der Waals surface area contributed by atoms with E-state index in [4.69, 9.17) is 4.74 Å². The maximum atomic E-state index is 12.1. The molecule has 1 amide bonds. The number of rotatable bonds is 2. The van der Waals surface area contributed by atoms with Crippen molar-refractivity contribution in [1.29, 1.82) is 0 Å². The van der Waals surface area contributed by atoms with Crippen LogP contribution in [0.15, 0.2) is 30.3 Å². The second-order valence-corrected chi connectivity index (χ2v) is 6.60. The first-order valence-corrected chi connectivity index (χ1v) is 7.69. The first kappa shape index (κ1) is 15.8. The smallest absolute Gasteiger partial charge is 0.410 e. The van der Waals surface area contributed by atoms with Crippen LogP contribution < -0.4 is 5.32 Å². The van der Waals surface area contributed by atoms with Crippen molar-refractivity contribution < 1.29 is 9.53 Å². The summed E-state index contributed by atoms with van der Waals surface area (Å²) in [6.07, 6.45) is 1.75. The quantitative estimate of drug-likeness (QED) is 0.910. The van der Waals surface area contributed by atoms with Gasteiger partial charge in [0, 0.05) is 25.7 Å². The van der Waals surface area contributed by atoms with Crippen molar-refractivity contribution in [3.63, 3.8) is 0 Å². The number of benzene rings is 1. The van der Waals surface area contributed by atoms with Crippen LogP contribution in [0.25, 0.3) is 0 Å². The van der Waals surface area contributed by atoms with Crippen LogP contribution in [0.1, 0.15) is 32.8 Å². The summed E-state index contributed by atoms with van der Waals surface area (Å²) in [7, 11) is 0. The van der Waals surface area contributed by atoms with Crippen LogP contribution in [0.5, 0.6) is 0 Å². The Balaban J connectivity index is 1.86. The van der Waals surface area contributed by atoms with Gasteiger partial charge in [0.2, 0.25) is 0 Å². The van der Waals surface area contributed by atoms with Gasteiger partial charge in [-0.3, -0.25) is 0 Å². The maximum Gasteiger partial charge on any atom is 0.410 e. The fraction of sp³-hybridized carbons (Fsp3) is 0.588. The highest BCUT2D eigenvalue weighted by Gasteiger charge is 2.24. The van der Waals surface area contributed by atoms with Crippen LogP contribution in [0.2, 0.25) is 0 Å². The van der Waals surface area contributed by atoms with Crippen molar-refractivity contribution in [1.82, 2.24) is 10.2 Å². The van der Waals surface area contributed by atoms with Crippen LogP contribution in [-0.4, -0.2) is 42.3 Å². The molecule has 0 bridgehead atoms. The predicted octanol–water partition coefficient (Wildman–Crippen LogP) is 2.83. The molecule has 0 aromatic heterocycles. The zero-order chi connectivity index (χ0) is 15.3. The summed E-state index contributed by atoms with van der Waals surface area (Å²) in [5.41, 5.74) is 0.904. The molecule has 21 heavy (non-hydrogen) atoms. The molecule has 1 fully saturated rings. The molecule has 2 rings (SSSR count). The lowest BCUT2D eigenvalue weighted by Gasteiger charge is -2.26. The molecule has 1 heterocycles. The standard InChI is InChI=1S/C17H26N2O2/c1-17(2,3)21-16(20)19-11-9-15(18-10-12-19)13-14-7-5-4-6-8-14/h4-8,15,18H,9-13H2,1-3H3. The second kappa shape index (κ2) is 6.94. The predicted molar refractivity (Wildman–Crippen MR) is 84.4 cm³/mol.